The van der Waals surface area contributed by atoms with E-state index < -0.39 is 0 Å². The van der Waals surface area contributed by atoms with Crippen molar-refractivity contribution in [2.45, 2.75) is 44.8 Å². The molecule has 0 radical (unpaired) electrons. The first-order valence-electron chi connectivity index (χ1n) is 9.04. The molecule has 1 aromatic heterocycles. The molecule has 1 aromatic carbocycles. The minimum Gasteiger partial charge on any atom is -0.342 e. The van der Waals surface area contributed by atoms with Crippen LogP contribution in [0, 0.1) is 5.92 Å². The highest BCUT2D eigenvalue weighted by atomic mass is 32.2. The lowest BCUT2D eigenvalue weighted by Gasteiger charge is -2.30. The molecule has 6 heteroatoms. The van der Waals surface area contributed by atoms with Crippen molar-refractivity contribution in [3.05, 3.63) is 41.7 Å². The normalized spacial score (nSPS) is 17.7. The topological polar surface area (TPSA) is 51.0 Å². The first-order valence-corrected chi connectivity index (χ1v) is 10.0. The van der Waals surface area contributed by atoms with E-state index >= 15 is 0 Å². The van der Waals surface area contributed by atoms with Gasteiger partial charge in [0.05, 0.1) is 5.75 Å². The van der Waals surface area contributed by atoms with Crippen LogP contribution in [0.3, 0.4) is 0 Å². The van der Waals surface area contributed by atoms with Gasteiger partial charge in [0.1, 0.15) is 5.82 Å². The minimum atomic E-state index is 0.215. The van der Waals surface area contributed by atoms with Crippen LogP contribution in [0.4, 0.5) is 0 Å². The van der Waals surface area contributed by atoms with Gasteiger partial charge < -0.3 is 9.47 Å². The molecule has 1 aliphatic rings. The smallest absolute Gasteiger partial charge is 0.233 e. The van der Waals surface area contributed by atoms with E-state index in [4.69, 9.17) is 0 Å². The molecular formula is C19H26N4OS. The van der Waals surface area contributed by atoms with E-state index in [1.807, 2.05) is 23.1 Å². The lowest BCUT2D eigenvalue weighted by molar-refractivity contribution is -0.130. The molecule has 1 atom stereocenters. The fraction of sp³-hybridized carbons (Fsp3) is 0.526. The molecule has 25 heavy (non-hydrogen) atoms. The monoisotopic (exact) mass is 358 g/mol. The molecule has 0 spiro atoms. The number of thioether (sulfide) groups is 1. The van der Waals surface area contributed by atoms with E-state index in [-0.39, 0.29) is 5.91 Å². The van der Waals surface area contributed by atoms with E-state index in [1.165, 1.54) is 23.7 Å². The molecule has 0 N–H and O–H groups in total. The molecule has 2 heterocycles. The Morgan fingerprint density at radius 3 is 2.80 bits per heavy atom. The summed E-state index contributed by atoms with van der Waals surface area (Å²) < 4.78 is 2.11. The molecule has 0 saturated carbocycles. The molecule has 1 amide bonds. The quantitative estimate of drug-likeness (QED) is 0.744. The Bertz CT molecular complexity index is 701. The Balaban J connectivity index is 1.62. The van der Waals surface area contributed by atoms with Gasteiger partial charge in [0.25, 0.3) is 0 Å². The minimum absolute atomic E-state index is 0.215. The highest BCUT2D eigenvalue weighted by Gasteiger charge is 2.22. The van der Waals surface area contributed by atoms with E-state index in [1.54, 1.807) is 0 Å². The molecule has 134 valence electrons. The fourth-order valence-electron chi connectivity index (χ4n) is 3.29. The maximum absolute atomic E-state index is 12.5. The zero-order valence-electron chi connectivity index (χ0n) is 15.0. The highest BCUT2D eigenvalue weighted by molar-refractivity contribution is 7.99. The van der Waals surface area contributed by atoms with E-state index in [0.717, 1.165) is 43.5 Å². The van der Waals surface area contributed by atoms with Crippen molar-refractivity contribution in [2.75, 3.05) is 18.8 Å². The third-order valence-corrected chi connectivity index (χ3v) is 5.60. The summed E-state index contributed by atoms with van der Waals surface area (Å²) in [7, 11) is 0. The van der Waals surface area contributed by atoms with E-state index in [2.05, 4.69) is 40.7 Å². The van der Waals surface area contributed by atoms with E-state index in [0.29, 0.717) is 11.7 Å². The molecule has 1 aliphatic heterocycles. The molecule has 2 aromatic rings. The van der Waals surface area contributed by atoms with Crippen molar-refractivity contribution in [2.24, 2.45) is 5.92 Å². The maximum Gasteiger partial charge on any atom is 0.233 e. The van der Waals surface area contributed by atoms with Gasteiger partial charge in [0.15, 0.2) is 5.16 Å². The zero-order chi connectivity index (χ0) is 17.6. The van der Waals surface area contributed by atoms with Crippen LogP contribution in [0.25, 0.3) is 0 Å². The van der Waals surface area contributed by atoms with Crippen LogP contribution >= 0.6 is 11.8 Å². The average molecular weight is 359 g/mol. The number of amides is 1. The van der Waals surface area contributed by atoms with Gasteiger partial charge in [0, 0.05) is 26.1 Å². The van der Waals surface area contributed by atoms with Gasteiger partial charge >= 0.3 is 0 Å². The van der Waals surface area contributed by atoms with Crippen LogP contribution in [-0.2, 0) is 17.8 Å². The Kier molecular flexibility index (Phi) is 6.13. The summed E-state index contributed by atoms with van der Waals surface area (Å²) in [6, 6.07) is 10.3. The first kappa shape index (κ1) is 18.0. The summed E-state index contributed by atoms with van der Waals surface area (Å²) in [4.78, 5) is 14.5. The summed E-state index contributed by atoms with van der Waals surface area (Å²) >= 11 is 1.50. The van der Waals surface area contributed by atoms with Crippen molar-refractivity contribution < 1.29 is 4.79 Å². The standard InChI is InChI=1S/C19H26N4OS/c1-3-23-17(12-16-9-5-4-6-10-16)20-21-19(23)25-14-18(24)22-11-7-8-15(2)13-22/h4-6,9-10,15H,3,7-8,11-14H2,1-2H3. The Labute approximate surface area is 153 Å². The fourth-order valence-corrected chi connectivity index (χ4v) is 4.21. The number of carbonyl (C=O) groups excluding carboxylic acids is 1. The number of aromatic nitrogens is 3. The molecule has 0 aliphatic carbocycles. The van der Waals surface area contributed by atoms with Gasteiger partial charge in [-0.2, -0.15) is 0 Å². The number of hydrogen-bond acceptors (Lipinski definition) is 4. The number of carbonyl (C=O) groups is 1. The number of benzene rings is 1. The van der Waals surface area contributed by atoms with Crippen molar-refractivity contribution >= 4 is 17.7 Å². The second-order valence-corrected chi connectivity index (χ2v) is 7.62. The number of likely N-dealkylation sites (tertiary alicyclic amines) is 1. The molecule has 1 saturated heterocycles. The molecule has 1 fully saturated rings. The Morgan fingerprint density at radius 1 is 1.28 bits per heavy atom. The van der Waals surface area contributed by atoms with Gasteiger partial charge in [-0.1, -0.05) is 49.0 Å². The van der Waals surface area contributed by atoms with E-state index in [9.17, 15) is 4.79 Å². The molecule has 5 nitrogen and oxygen atoms in total. The summed E-state index contributed by atoms with van der Waals surface area (Å²) in [6.07, 6.45) is 3.10. The summed E-state index contributed by atoms with van der Waals surface area (Å²) in [6.45, 7) is 6.90. The predicted molar refractivity (Wildman–Crippen MR) is 101 cm³/mol. The zero-order valence-corrected chi connectivity index (χ0v) is 15.8. The number of rotatable bonds is 6. The van der Waals surface area contributed by atoms with Crippen molar-refractivity contribution in [3.8, 4) is 0 Å². The van der Waals surface area contributed by atoms with Crippen LogP contribution in [0.5, 0.6) is 0 Å². The van der Waals surface area contributed by atoms with Crippen molar-refractivity contribution in [1.82, 2.24) is 19.7 Å². The lowest BCUT2D eigenvalue weighted by atomic mass is 10.0. The SMILES string of the molecule is CCn1c(Cc2ccccc2)nnc1SCC(=O)N1CCCC(C)C1. The van der Waals surface area contributed by atoms with Crippen LogP contribution in [0.1, 0.15) is 38.1 Å². The Morgan fingerprint density at radius 2 is 2.08 bits per heavy atom. The van der Waals surface area contributed by atoms with Gasteiger partial charge in [-0.15, -0.1) is 10.2 Å². The van der Waals surface area contributed by atoms with Crippen LogP contribution in [0.2, 0.25) is 0 Å². The molecule has 1 unspecified atom stereocenters. The Hall–Kier alpha value is -1.82. The van der Waals surface area contributed by atoms with Gasteiger partial charge in [-0.3, -0.25) is 4.79 Å². The highest BCUT2D eigenvalue weighted by Crippen LogP contribution is 2.21. The van der Waals surface area contributed by atoms with Crippen molar-refractivity contribution in [1.29, 1.82) is 0 Å². The third-order valence-electron chi connectivity index (χ3n) is 4.65. The largest absolute Gasteiger partial charge is 0.342 e. The third kappa shape index (κ3) is 4.63. The van der Waals surface area contributed by atoms with Crippen LogP contribution in [0.15, 0.2) is 35.5 Å². The van der Waals surface area contributed by atoms with Crippen LogP contribution < -0.4 is 0 Å². The predicted octanol–water partition coefficient (Wildman–Crippen LogP) is 3.24. The van der Waals surface area contributed by atoms with Gasteiger partial charge in [-0.25, -0.2) is 0 Å². The summed E-state index contributed by atoms with van der Waals surface area (Å²) in [5.74, 6) is 2.22. The van der Waals surface area contributed by atoms with Gasteiger partial charge in [0.2, 0.25) is 5.91 Å². The number of piperidine rings is 1. The second-order valence-electron chi connectivity index (χ2n) is 6.68. The van der Waals surface area contributed by atoms with Gasteiger partial charge in [-0.05, 0) is 31.2 Å². The first-order chi connectivity index (χ1) is 12.2. The number of hydrogen-bond donors (Lipinski definition) is 0. The number of nitrogens with zero attached hydrogens (tertiary/aromatic N) is 4. The summed E-state index contributed by atoms with van der Waals surface area (Å²) in [5.41, 5.74) is 1.22. The molecule has 3 rings (SSSR count). The molecule has 0 bridgehead atoms. The average Bonchev–Trinajstić information content (AvgIpc) is 3.02. The lowest BCUT2D eigenvalue weighted by Crippen LogP contribution is -2.40. The summed E-state index contributed by atoms with van der Waals surface area (Å²) in [5, 5.41) is 9.51. The maximum atomic E-state index is 12.5. The molecular weight excluding hydrogens is 332 g/mol. The van der Waals surface area contributed by atoms with Crippen LogP contribution in [-0.4, -0.2) is 44.4 Å². The van der Waals surface area contributed by atoms with Crippen molar-refractivity contribution in [3.63, 3.8) is 0 Å². The second kappa shape index (κ2) is 8.52.